The molecule has 4 rings (SSSR count). The fourth-order valence-corrected chi connectivity index (χ4v) is 7.43. The zero-order chi connectivity index (χ0) is 18.9. The van der Waals surface area contributed by atoms with Gasteiger partial charge in [-0.15, -0.1) is 22.7 Å². The summed E-state index contributed by atoms with van der Waals surface area (Å²) in [4.78, 5) is 16.4. The summed E-state index contributed by atoms with van der Waals surface area (Å²) in [5.74, 6) is -0.180. The number of rotatable bonds is 6. The van der Waals surface area contributed by atoms with Gasteiger partial charge < -0.3 is 5.32 Å². The molecule has 9 heteroatoms. The van der Waals surface area contributed by atoms with Crippen LogP contribution in [0.5, 0.6) is 0 Å². The highest BCUT2D eigenvalue weighted by Gasteiger charge is 2.39. The van der Waals surface area contributed by atoms with Crippen LogP contribution in [0.2, 0.25) is 0 Å². The van der Waals surface area contributed by atoms with Crippen molar-refractivity contribution in [2.75, 3.05) is 26.2 Å². The van der Waals surface area contributed by atoms with Crippen molar-refractivity contribution in [1.82, 2.24) is 14.5 Å². The molecule has 0 aliphatic carbocycles. The molecule has 4 heterocycles. The Morgan fingerprint density at radius 3 is 2.93 bits per heavy atom. The van der Waals surface area contributed by atoms with Crippen LogP contribution in [0.4, 0.5) is 0 Å². The lowest BCUT2D eigenvalue weighted by molar-refractivity contribution is -0.124. The van der Waals surface area contributed by atoms with Crippen LogP contribution in [-0.4, -0.2) is 55.8 Å². The summed E-state index contributed by atoms with van der Waals surface area (Å²) in [6.45, 7) is 3.67. The van der Waals surface area contributed by atoms with E-state index in [2.05, 4.69) is 21.7 Å². The lowest BCUT2D eigenvalue weighted by atomic mass is 10.1. The fraction of sp³-hybridized carbons (Fsp3) is 0.500. The Morgan fingerprint density at radius 2 is 2.11 bits per heavy atom. The van der Waals surface area contributed by atoms with Crippen molar-refractivity contribution in [3.8, 4) is 0 Å². The first-order chi connectivity index (χ1) is 13.1. The van der Waals surface area contributed by atoms with E-state index in [9.17, 15) is 13.2 Å². The second-order valence-electron chi connectivity index (χ2n) is 6.89. The first-order valence-corrected chi connectivity index (χ1v) is 12.4. The predicted molar refractivity (Wildman–Crippen MR) is 108 cm³/mol. The maximum absolute atomic E-state index is 12.8. The number of carbonyl (C=O) groups is 1. The van der Waals surface area contributed by atoms with E-state index in [-0.39, 0.29) is 5.91 Å². The third-order valence-electron chi connectivity index (χ3n) is 5.18. The van der Waals surface area contributed by atoms with Crippen molar-refractivity contribution >= 4 is 38.6 Å². The fourth-order valence-electron chi connectivity index (χ4n) is 3.77. The lowest BCUT2D eigenvalue weighted by Gasteiger charge is -2.27. The Balaban J connectivity index is 1.32. The molecule has 1 atom stereocenters. The molecular weight excluding hydrogens is 402 g/mol. The van der Waals surface area contributed by atoms with Gasteiger partial charge in [-0.25, -0.2) is 8.42 Å². The van der Waals surface area contributed by atoms with E-state index in [4.69, 9.17) is 0 Å². The quantitative estimate of drug-likeness (QED) is 0.770. The van der Waals surface area contributed by atoms with Crippen LogP contribution >= 0.6 is 22.7 Å². The molecular formula is C18H23N3O3S3. The summed E-state index contributed by atoms with van der Waals surface area (Å²) >= 11 is 3.01. The SMILES string of the molecule is O=C(NCCN1CCc2sccc2C1)C1CCCN1S(=O)(=O)c1cccs1. The van der Waals surface area contributed by atoms with Crippen LogP contribution in [0, 0.1) is 0 Å². The molecule has 0 aromatic carbocycles. The minimum atomic E-state index is -3.58. The molecule has 1 unspecified atom stereocenters. The minimum Gasteiger partial charge on any atom is -0.353 e. The summed E-state index contributed by atoms with van der Waals surface area (Å²) in [5, 5.41) is 6.84. The zero-order valence-electron chi connectivity index (χ0n) is 15.0. The maximum Gasteiger partial charge on any atom is 0.253 e. The molecule has 2 aromatic heterocycles. The standard InChI is InChI=1S/C18H23N3O3S3/c22-18(19-7-10-20-9-5-16-14(13-20)6-12-25-16)15-3-1-8-21(15)27(23,24)17-4-2-11-26-17/h2,4,6,11-12,15H,1,3,5,7-10,13H2,(H,19,22). The van der Waals surface area contributed by atoms with Crippen molar-refractivity contribution in [2.45, 2.75) is 36.1 Å². The van der Waals surface area contributed by atoms with Crippen LogP contribution in [0.25, 0.3) is 0 Å². The van der Waals surface area contributed by atoms with Gasteiger partial charge in [0.05, 0.1) is 0 Å². The van der Waals surface area contributed by atoms with E-state index in [0.29, 0.717) is 23.7 Å². The summed E-state index contributed by atoms with van der Waals surface area (Å²) in [6, 6.07) is 4.90. The topological polar surface area (TPSA) is 69.7 Å². The highest BCUT2D eigenvalue weighted by Crippen LogP contribution is 2.28. The number of amides is 1. The van der Waals surface area contributed by atoms with Crippen LogP contribution in [-0.2, 0) is 27.8 Å². The van der Waals surface area contributed by atoms with Crippen LogP contribution in [0.1, 0.15) is 23.3 Å². The Labute approximate surface area is 167 Å². The number of hydrogen-bond acceptors (Lipinski definition) is 6. The van der Waals surface area contributed by atoms with Crippen molar-refractivity contribution in [2.24, 2.45) is 0 Å². The van der Waals surface area contributed by atoms with E-state index in [1.54, 1.807) is 17.5 Å². The molecule has 6 nitrogen and oxygen atoms in total. The van der Waals surface area contributed by atoms with Crippen LogP contribution < -0.4 is 5.32 Å². The molecule has 0 bridgehead atoms. The average Bonchev–Trinajstić information content (AvgIpc) is 3.42. The molecule has 2 aromatic rings. The maximum atomic E-state index is 12.8. The van der Waals surface area contributed by atoms with Crippen molar-refractivity contribution < 1.29 is 13.2 Å². The van der Waals surface area contributed by atoms with Gasteiger partial charge in [0, 0.05) is 37.6 Å². The molecule has 1 N–H and O–H groups in total. The zero-order valence-corrected chi connectivity index (χ0v) is 17.4. The van der Waals surface area contributed by atoms with E-state index in [1.165, 1.54) is 26.1 Å². The highest BCUT2D eigenvalue weighted by molar-refractivity contribution is 7.91. The first kappa shape index (κ1) is 19.1. The monoisotopic (exact) mass is 425 g/mol. The number of hydrogen-bond donors (Lipinski definition) is 1. The molecule has 1 amide bonds. The first-order valence-electron chi connectivity index (χ1n) is 9.16. The summed E-state index contributed by atoms with van der Waals surface area (Å²) < 4.78 is 27.2. The van der Waals surface area contributed by atoms with Crippen LogP contribution in [0.3, 0.4) is 0 Å². The molecule has 0 radical (unpaired) electrons. The average molecular weight is 426 g/mol. The van der Waals surface area contributed by atoms with Gasteiger partial charge in [0.1, 0.15) is 10.3 Å². The number of fused-ring (bicyclic) bond motifs is 1. The third-order valence-corrected chi connectivity index (χ3v) is 9.48. The van der Waals surface area contributed by atoms with Gasteiger partial charge in [-0.05, 0) is 47.7 Å². The number of nitrogens with one attached hydrogen (secondary N) is 1. The van der Waals surface area contributed by atoms with Gasteiger partial charge in [-0.1, -0.05) is 6.07 Å². The Hall–Kier alpha value is -1.26. The Kier molecular flexibility index (Phi) is 5.65. The highest BCUT2D eigenvalue weighted by atomic mass is 32.2. The van der Waals surface area contributed by atoms with Crippen molar-refractivity contribution in [3.05, 3.63) is 39.4 Å². The Morgan fingerprint density at radius 1 is 1.22 bits per heavy atom. The molecule has 146 valence electrons. The van der Waals surface area contributed by atoms with E-state index >= 15 is 0 Å². The molecule has 27 heavy (non-hydrogen) atoms. The number of carbonyl (C=O) groups excluding carboxylic acids is 1. The molecule has 1 fully saturated rings. The van der Waals surface area contributed by atoms with Crippen molar-refractivity contribution in [3.63, 3.8) is 0 Å². The van der Waals surface area contributed by atoms with Gasteiger partial charge >= 0.3 is 0 Å². The smallest absolute Gasteiger partial charge is 0.253 e. The second kappa shape index (κ2) is 8.00. The Bertz CT molecular complexity index is 892. The van der Waals surface area contributed by atoms with Gasteiger partial charge in [0.25, 0.3) is 10.0 Å². The molecule has 2 aliphatic heterocycles. The molecule has 0 saturated carbocycles. The second-order valence-corrected chi connectivity index (χ2v) is 11.0. The number of thiophene rings is 2. The van der Waals surface area contributed by atoms with E-state index in [1.807, 2.05) is 11.3 Å². The molecule has 1 saturated heterocycles. The number of nitrogens with zero attached hydrogens (tertiary/aromatic N) is 2. The van der Waals surface area contributed by atoms with Gasteiger partial charge in [-0.3, -0.25) is 9.69 Å². The minimum absolute atomic E-state index is 0.180. The normalized spacial score (nSPS) is 21.3. The van der Waals surface area contributed by atoms with Gasteiger partial charge in [0.15, 0.2) is 0 Å². The van der Waals surface area contributed by atoms with E-state index in [0.717, 1.165) is 32.5 Å². The molecule has 2 aliphatic rings. The summed E-state index contributed by atoms with van der Waals surface area (Å²) in [7, 11) is -3.58. The van der Waals surface area contributed by atoms with E-state index < -0.39 is 16.1 Å². The van der Waals surface area contributed by atoms with Crippen LogP contribution in [0.15, 0.2) is 33.2 Å². The number of sulfonamides is 1. The predicted octanol–water partition coefficient (Wildman–Crippen LogP) is 2.14. The largest absolute Gasteiger partial charge is 0.353 e. The van der Waals surface area contributed by atoms with Gasteiger partial charge in [-0.2, -0.15) is 4.31 Å². The summed E-state index contributed by atoms with van der Waals surface area (Å²) in [5.41, 5.74) is 1.39. The van der Waals surface area contributed by atoms with Gasteiger partial charge in [0.2, 0.25) is 5.91 Å². The lowest BCUT2D eigenvalue weighted by Crippen LogP contribution is -2.47. The van der Waals surface area contributed by atoms with Crippen molar-refractivity contribution in [1.29, 1.82) is 0 Å². The molecule has 0 spiro atoms. The summed E-state index contributed by atoms with van der Waals surface area (Å²) in [6.07, 6.45) is 2.37. The third kappa shape index (κ3) is 3.97.